The number of hydrogen-bond acceptors (Lipinski definition) is 5. The molecular weight excluding hydrogens is 386 g/mol. The summed E-state index contributed by atoms with van der Waals surface area (Å²) in [6.07, 6.45) is 7.61. The molecule has 8 heteroatoms. The SMILES string of the molecule is COc1cc(/C=C/c2nc3sc4c(c3c(=O)[nH]2)CCCC4)ccc1OC(F)F. The maximum absolute atomic E-state index is 12.6. The van der Waals surface area contributed by atoms with Gasteiger partial charge in [-0.15, -0.1) is 11.3 Å². The number of methoxy groups -OCH3 is 1. The first-order chi connectivity index (χ1) is 13.5. The topological polar surface area (TPSA) is 64.2 Å². The number of aryl methyl sites for hydroxylation is 2. The number of alkyl halides is 2. The second-order valence-corrected chi connectivity index (χ2v) is 7.55. The number of benzene rings is 1. The van der Waals surface area contributed by atoms with Crippen molar-refractivity contribution in [1.82, 2.24) is 9.97 Å². The van der Waals surface area contributed by atoms with Crippen molar-refractivity contribution in [1.29, 1.82) is 0 Å². The number of rotatable bonds is 5. The molecule has 0 saturated carbocycles. The second kappa shape index (κ2) is 7.71. The maximum Gasteiger partial charge on any atom is 0.387 e. The molecule has 3 aromatic rings. The van der Waals surface area contributed by atoms with Crippen LogP contribution in [0.1, 0.15) is 34.7 Å². The van der Waals surface area contributed by atoms with Crippen molar-refractivity contribution in [3.8, 4) is 11.5 Å². The van der Waals surface area contributed by atoms with Gasteiger partial charge in [0.1, 0.15) is 10.7 Å². The summed E-state index contributed by atoms with van der Waals surface area (Å²) in [4.78, 5) is 22.0. The Balaban J connectivity index is 1.64. The fourth-order valence-electron chi connectivity index (χ4n) is 3.42. The smallest absolute Gasteiger partial charge is 0.387 e. The standard InChI is InChI=1S/C20H18F2N2O3S/c1-26-14-10-11(6-8-13(14)27-20(21)22)7-9-16-23-18(25)17-12-4-2-3-5-15(12)28-19(17)24-16/h6-10,20H,2-5H2,1H3,(H,23,24,25)/b9-7+. The third kappa shape index (κ3) is 3.64. The lowest BCUT2D eigenvalue weighted by Crippen LogP contribution is -2.11. The van der Waals surface area contributed by atoms with Gasteiger partial charge in [-0.05, 0) is 55.0 Å². The van der Waals surface area contributed by atoms with Crippen molar-refractivity contribution in [3.63, 3.8) is 0 Å². The minimum atomic E-state index is -2.92. The van der Waals surface area contributed by atoms with Gasteiger partial charge in [-0.25, -0.2) is 4.98 Å². The summed E-state index contributed by atoms with van der Waals surface area (Å²) in [5, 5.41) is 0.715. The van der Waals surface area contributed by atoms with Gasteiger partial charge >= 0.3 is 6.61 Å². The Morgan fingerprint density at radius 1 is 1.21 bits per heavy atom. The van der Waals surface area contributed by atoms with E-state index in [-0.39, 0.29) is 17.1 Å². The number of H-pyrrole nitrogens is 1. The molecule has 4 rings (SSSR count). The molecule has 0 unspecified atom stereocenters. The summed E-state index contributed by atoms with van der Waals surface area (Å²) >= 11 is 1.59. The first-order valence-electron chi connectivity index (χ1n) is 8.90. The van der Waals surface area contributed by atoms with Crippen LogP contribution in [-0.2, 0) is 12.8 Å². The van der Waals surface area contributed by atoms with Crippen LogP contribution in [0.25, 0.3) is 22.4 Å². The highest BCUT2D eigenvalue weighted by Gasteiger charge is 2.19. The highest BCUT2D eigenvalue weighted by atomic mass is 32.1. The Morgan fingerprint density at radius 3 is 2.82 bits per heavy atom. The first-order valence-corrected chi connectivity index (χ1v) is 9.72. The Kier molecular flexibility index (Phi) is 5.13. The molecule has 0 aliphatic heterocycles. The van der Waals surface area contributed by atoms with Crippen molar-refractivity contribution in [2.75, 3.05) is 7.11 Å². The van der Waals surface area contributed by atoms with E-state index in [1.54, 1.807) is 35.6 Å². The predicted molar refractivity (Wildman–Crippen MR) is 105 cm³/mol. The van der Waals surface area contributed by atoms with Gasteiger partial charge in [-0.3, -0.25) is 4.79 Å². The van der Waals surface area contributed by atoms with Gasteiger partial charge in [-0.2, -0.15) is 8.78 Å². The van der Waals surface area contributed by atoms with Gasteiger partial charge in [0.15, 0.2) is 11.5 Å². The van der Waals surface area contributed by atoms with Crippen LogP contribution in [0.2, 0.25) is 0 Å². The number of fused-ring (bicyclic) bond motifs is 3. The molecule has 146 valence electrons. The van der Waals surface area contributed by atoms with Crippen LogP contribution in [0.3, 0.4) is 0 Å². The minimum absolute atomic E-state index is 0.0354. The molecule has 0 radical (unpaired) electrons. The molecule has 0 bridgehead atoms. The Morgan fingerprint density at radius 2 is 2.04 bits per heavy atom. The van der Waals surface area contributed by atoms with Gasteiger partial charge in [0.05, 0.1) is 12.5 Å². The fourth-order valence-corrected chi connectivity index (χ4v) is 4.68. The van der Waals surface area contributed by atoms with E-state index in [0.717, 1.165) is 36.1 Å². The number of hydrogen-bond donors (Lipinski definition) is 1. The zero-order chi connectivity index (χ0) is 19.7. The number of ether oxygens (including phenoxy) is 2. The molecule has 5 nitrogen and oxygen atoms in total. The van der Waals surface area contributed by atoms with Crippen molar-refractivity contribution in [3.05, 3.63) is 50.4 Å². The molecule has 0 spiro atoms. The van der Waals surface area contributed by atoms with E-state index in [1.165, 1.54) is 18.1 Å². The molecule has 0 amide bonds. The van der Waals surface area contributed by atoms with Crippen LogP contribution in [0.15, 0.2) is 23.0 Å². The summed E-state index contributed by atoms with van der Waals surface area (Å²) in [5.41, 5.74) is 1.73. The van der Waals surface area contributed by atoms with E-state index in [1.807, 2.05) is 0 Å². The quantitative estimate of drug-likeness (QED) is 0.673. The average molecular weight is 404 g/mol. The van der Waals surface area contributed by atoms with Gasteiger partial charge < -0.3 is 14.5 Å². The predicted octanol–water partition coefficient (Wildman–Crippen LogP) is 4.64. The van der Waals surface area contributed by atoms with Crippen LogP contribution in [0.4, 0.5) is 8.78 Å². The fraction of sp³-hybridized carbons (Fsp3) is 0.300. The van der Waals surface area contributed by atoms with E-state index < -0.39 is 6.61 Å². The van der Waals surface area contributed by atoms with Crippen LogP contribution in [0.5, 0.6) is 11.5 Å². The molecule has 2 aromatic heterocycles. The van der Waals surface area contributed by atoms with Crippen LogP contribution < -0.4 is 15.0 Å². The van der Waals surface area contributed by atoms with E-state index in [4.69, 9.17) is 4.74 Å². The lowest BCUT2D eigenvalue weighted by atomic mass is 9.97. The summed E-state index contributed by atoms with van der Waals surface area (Å²) in [5.74, 6) is 0.611. The van der Waals surface area contributed by atoms with Crippen LogP contribution >= 0.6 is 11.3 Å². The molecule has 0 fully saturated rings. The normalized spacial score (nSPS) is 14.0. The minimum Gasteiger partial charge on any atom is -0.493 e. The molecule has 1 aliphatic carbocycles. The van der Waals surface area contributed by atoms with Gasteiger partial charge in [0.25, 0.3) is 5.56 Å². The number of nitrogens with zero attached hydrogens (tertiary/aromatic N) is 1. The third-order valence-corrected chi connectivity index (χ3v) is 5.87. The summed E-state index contributed by atoms with van der Waals surface area (Å²) in [7, 11) is 1.38. The van der Waals surface area contributed by atoms with Gasteiger partial charge in [0, 0.05) is 4.88 Å². The molecule has 1 aliphatic rings. The van der Waals surface area contributed by atoms with Crippen molar-refractivity contribution < 1.29 is 18.3 Å². The molecule has 2 heterocycles. The van der Waals surface area contributed by atoms with Crippen LogP contribution in [0, 0.1) is 0 Å². The summed E-state index contributed by atoms with van der Waals surface area (Å²) in [6.45, 7) is -2.92. The monoisotopic (exact) mass is 404 g/mol. The Hall–Kier alpha value is -2.74. The number of aromatic nitrogens is 2. The zero-order valence-corrected chi connectivity index (χ0v) is 15.9. The molecule has 0 saturated heterocycles. The molecule has 1 N–H and O–H groups in total. The molecule has 0 atom stereocenters. The third-order valence-electron chi connectivity index (χ3n) is 4.68. The first kappa shape index (κ1) is 18.6. The second-order valence-electron chi connectivity index (χ2n) is 6.46. The van der Waals surface area contributed by atoms with E-state index in [9.17, 15) is 13.6 Å². The maximum atomic E-state index is 12.6. The number of thiophene rings is 1. The number of halogens is 2. The highest BCUT2D eigenvalue weighted by Crippen LogP contribution is 2.34. The lowest BCUT2D eigenvalue weighted by Gasteiger charge is -2.10. The number of aromatic amines is 1. The Labute approximate surface area is 163 Å². The number of nitrogens with one attached hydrogen (secondary N) is 1. The van der Waals surface area contributed by atoms with Crippen LogP contribution in [-0.4, -0.2) is 23.7 Å². The highest BCUT2D eigenvalue weighted by molar-refractivity contribution is 7.18. The van der Waals surface area contributed by atoms with Crippen molar-refractivity contribution in [2.45, 2.75) is 32.3 Å². The zero-order valence-electron chi connectivity index (χ0n) is 15.1. The lowest BCUT2D eigenvalue weighted by molar-refractivity contribution is -0.0512. The van der Waals surface area contributed by atoms with Crippen molar-refractivity contribution >= 4 is 33.7 Å². The van der Waals surface area contributed by atoms with Gasteiger partial charge in [0.2, 0.25) is 0 Å². The Bertz CT molecular complexity index is 1100. The average Bonchev–Trinajstić information content (AvgIpc) is 3.05. The van der Waals surface area contributed by atoms with Crippen molar-refractivity contribution in [2.24, 2.45) is 0 Å². The molecule has 28 heavy (non-hydrogen) atoms. The van der Waals surface area contributed by atoms with Gasteiger partial charge in [-0.1, -0.05) is 12.1 Å². The summed E-state index contributed by atoms with van der Waals surface area (Å²) in [6, 6.07) is 4.61. The molecular formula is C20H18F2N2O3S. The van der Waals surface area contributed by atoms with E-state index in [2.05, 4.69) is 14.7 Å². The molecule has 1 aromatic carbocycles. The van der Waals surface area contributed by atoms with E-state index in [0.29, 0.717) is 16.8 Å². The van der Waals surface area contributed by atoms with E-state index >= 15 is 0 Å². The largest absolute Gasteiger partial charge is 0.493 e. The summed E-state index contributed by atoms with van der Waals surface area (Å²) < 4.78 is 34.4.